The molecule has 0 aliphatic carbocycles. The molecule has 0 aliphatic rings. The monoisotopic (exact) mass is 265 g/mol. The molecule has 3 nitrogen and oxygen atoms in total. The van der Waals surface area contributed by atoms with Crippen molar-refractivity contribution in [2.45, 2.75) is 12.3 Å². The van der Waals surface area contributed by atoms with Gasteiger partial charge in [-0.3, -0.25) is 0 Å². The molecule has 0 fully saturated rings. The van der Waals surface area contributed by atoms with Crippen LogP contribution in [0.1, 0.15) is 11.4 Å². The van der Waals surface area contributed by atoms with Gasteiger partial charge >= 0.3 is 0 Å². The number of aromatic nitrogens is 3. The number of benzene rings is 1. The van der Waals surface area contributed by atoms with Crippen molar-refractivity contribution in [3.05, 3.63) is 35.7 Å². The first kappa shape index (κ1) is 10.4. The SMILES string of the molecule is Cc1ccc(-c2nnc(CBr)n2C)cc1. The maximum Gasteiger partial charge on any atom is 0.163 e. The summed E-state index contributed by atoms with van der Waals surface area (Å²) < 4.78 is 2.00. The average molecular weight is 266 g/mol. The van der Waals surface area contributed by atoms with Gasteiger partial charge in [-0.25, -0.2) is 0 Å². The minimum absolute atomic E-state index is 0.725. The minimum Gasteiger partial charge on any atom is -0.313 e. The molecule has 15 heavy (non-hydrogen) atoms. The molecule has 0 aliphatic heterocycles. The van der Waals surface area contributed by atoms with Crippen molar-refractivity contribution in [2.75, 3.05) is 0 Å². The molecule has 2 aromatic rings. The van der Waals surface area contributed by atoms with Crippen molar-refractivity contribution >= 4 is 15.9 Å². The van der Waals surface area contributed by atoms with Gasteiger partial charge in [0.15, 0.2) is 5.82 Å². The topological polar surface area (TPSA) is 30.7 Å². The fraction of sp³-hybridized carbons (Fsp3) is 0.273. The lowest BCUT2D eigenvalue weighted by Crippen LogP contribution is -1.96. The van der Waals surface area contributed by atoms with Crippen molar-refractivity contribution in [1.82, 2.24) is 14.8 Å². The molecule has 0 saturated carbocycles. The summed E-state index contributed by atoms with van der Waals surface area (Å²) in [7, 11) is 1.98. The highest BCUT2D eigenvalue weighted by atomic mass is 79.9. The Morgan fingerprint density at radius 3 is 2.40 bits per heavy atom. The molecule has 78 valence electrons. The second-order valence-corrected chi connectivity index (χ2v) is 4.06. The lowest BCUT2D eigenvalue weighted by atomic mass is 10.1. The van der Waals surface area contributed by atoms with Crippen LogP contribution in [0.4, 0.5) is 0 Å². The van der Waals surface area contributed by atoms with E-state index >= 15 is 0 Å². The number of hydrogen-bond acceptors (Lipinski definition) is 2. The van der Waals surface area contributed by atoms with Gasteiger partial charge in [-0.15, -0.1) is 10.2 Å². The predicted molar refractivity (Wildman–Crippen MR) is 63.8 cm³/mol. The number of nitrogens with zero attached hydrogens (tertiary/aromatic N) is 3. The van der Waals surface area contributed by atoms with E-state index in [0.717, 1.165) is 22.5 Å². The molecule has 0 radical (unpaired) electrons. The van der Waals surface area contributed by atoms with Gasteiger partial charge in [0.2, 0.25) is 0 Å². The quantitative estimate of drug-likeness (QED) is 0.782. The van der Waals surface area contributed by atoms with Crippen LogP contribution in [-0.2, 0) is 12.4 Å². The van der Waals surface area contributed by atoms with Crippen molar-refractivity contribution < 1.29 is 0 Å². The van der Waals surface area contributed by atoms with Crippen LogP contribution in [0.5, 0.6) is 0 Å². The van der Waals surface area contributed by atoms with Gasteiger partial charge < -0.3 is 4.57 Å². The highest BCUT2D eigenvalue weighted by molar-refractivity contribution is 9.08. The van der Waals surface area contributed by atoms with Gasteiger partial charge in [0.1, 0.15) is 5.82 Å². The molecule has 1 heterocycles. The first-order valence-corrected chi connectivity index (χ1v) is 5.86. The minimum atomic E-state index is 0.725. The van der Waals surface area contributed by atoms with Crippen molar-refractivity contribution in [3.63, 3.8) is 0 Å². The van der Waals surface area contributed by atoms with Gasteiger partial charge in [0.05, 0.1) is 5.33 Å². The summed E-state index contributed by atoms with van der Waals surface area (Å²) in [5.41, 5.74) is 2.35. The number of aryl methyl sites for hydroxylation is 1. The van der Waals surface area contributed by atoms with E-state index in [-0.39, 0.29) is 0 Å². The number of hydrogen-bond donors (Lipinski definition) is 0. The summed E-state index contributed by atoms with van der Waals surface area (Å²) in [6.45, 7) is 2.07. The average Bonchev–Trinajstić information content (AvgIpc) is 2.61. The summed E-state index contributed by atoms with van der Waals surface area (Å²) in [6.07, 6.45) is 0. The summed E-state index contributed by atoms with van der Waals surface area (Å²) in [4.78, 5) is 0. The first-order valence-electron chi connectivity index (χ1n) is 4.73. The summed E-state index contributed by atoms with van der Waals surface area (Å²) in [5.74, 6) is 1.84. The summed E-state index contributed by atoms with van der Waals surface area (Å²) in [5, 5.41) is 8.99. The van der Waals surface area contributed by atoms with E-state index in [0.29, 0.717) is 0 Å². The Labute approximate surface area is 97.3 Å². The summed E-state index contributed by atoms with van der Waals surface area (Å²) >= 11 is 3.38. The molecule has 0 unspecified atom stereocenters. The van der Waals surface area contributed by atoms with Crippen LogP contribution in [0.3, 0.4) is 0 Å². The standard InChI is InChI=1S/C11H12BrN3/c1-8-3-5-9(6-4-8)11-14-13-10(7-12)15(11)2/h3-6H,7H2,1-2H3. The molecule has 0 amide bonds. The van der Waals surface area contributed by atoms with Crippen LogP contribution in [0, 0.1) is 6.92 Å². The van der Waals surface area contributed by atoms with Gasteiger partial charge in [0, 0.05) is 12.6 Å². The molecule has 1 aromatic heterocycles. The molecule has 0 atom stereocenters. The number of rotatable bonds is 2. The van der Waals surface area contributed by atoms with E-state index in [2.05, 4.69) is 57.3 Å². The van der Waals surface area contributed by atoms with Gasteiger partial charge in [-0.2, -0.15) is 0 Å². The van der Waals surface area contributed by atoms with Crippen LogP contribution >= 0.6 is 15.9 Å². The summed E-state index contributed by atoms with van der Waals surface area (Å²) in [6, 6.07) is 8.30. The third kappa shape index (κ3) is 1.95. The Kier molecular flexibility index (Phi) is 2.86. The van der Waals surface area contributed by atoms with E-state index in [4.69, 9.17) is 0 Å². The second kappa shape index (κ2) is 4.14. The van der Waals surface area contributed by atoms with Crippen LogP contribution in [0.15, 0.2) is 24.3 Å². The Morgan fingerprint density at radius 2 is 1.87 bits per heavy atom. The molecule has 4 heteroatoms. The second-order valence-electron chi connectivity index (χ2n) is 3.50. The van der Waals surface area contributed by atoms with Crippen molar-refractivity contribution in [3.8, 4) is 11.4 Å². The van der Waals surface area contributed by atoms with Gasteiger partial charge in [-0.1, -0.05) is 45.8 Å². The lowest BCUT2D eigenvalue weighted by molar-refractivity contribution is 0.859. The van der Waals surface area contributed by atoms with Crippen molar-refractivity contribution in [1.29, 1.82) is 0 Å². The predicted octanol–water partition coefficient (Wildman–Crippen LogP) is 2.69. The van der Waals surface area contributed by atoms with Crippen LogP contribution in [-0.4, -0.2) is 14.8 Å². The van der Waals surface area contributed by atoms with Crippen LogP contribution in [0.25, 0.3) is 11.4 Å². The van der Waals surface area contributed by atoms with Crippen molar-refractivity contribution in [2.24, 2.45) is 7.05 Å². The van der Waals surface area contributed by atoms with Crippen LogP contribution in [0.2, 0.25) is 0 Å². The smallest absolute Gasteiger partial charge is 0.163 e. The maximum absolute atomic E-state index is 4.17. The molecule has 0 spiro atoms. The zero-order valence-corrected chi connectivity index (χ0v) is 10.3. The van der Waals surface area contributed by atoms with Crippen LogP contribution < -0.4 is 0 Å². The molecular weight excluding hydrogens is 254 g/mol. The Hall–Kier alpha value is -1.16. The maximum atomic E-state index is 4.17. The van der Waals surface area contributed by atoms with E-state index in [1.54, 1.807) is 0 Å². The zero-order valence-electron chi connectivity index (χ0n) is 8.74. The molecule has 0 bridgehead atoms. The third-order valence-corrected chi connectivity index (χ3v) is 2.90. The van der Waals surface area contributed by atoms with E-state index in [1.807, 2.05) is 11.6 Å². The highest BCUT2D eigenvalue weighted by Crippen LogP contribution is 2.18. The normalized spacial score (nSPS) is 10.6. The Morgan fingerprint density at radius 1 is 1.20 bits per heavy atom. The fourth-order valence-corrected chi connectivity index (χ4v) is 1.92. The molecule has 2 rings (SSSR count). The Balaban J connectivity index is 2.45. The lowest BCUT2D eigenvalue weighted by Gasteiger charge is -2.02. The van der Waals surface area contributed by atoms with Gasteiger partial charge in [-0.05, 0) is 6.92 Å². The van der Waals surface area contributed by atoms with E-state index in [9.17, 15) is 0 Å². The fourth-order valence-electron chi connectivity index (χ4n) is 1.43. The van der Waals surface area contributed by atoms with E-state index < -0.39 is 0 Å². The first-order chi connectivity index (χ1) is 7.22. The molecule has 0 N–H and O–H groups in total. The third-order valence-electron chi connectivity index (χ3n) is 2.39. The zero-order chi connectivity index (χ0) is 10.8. The number of alkyl halides is 1. The molecule has 1 aromatic carbocycles. The van der Waals surface area contributed by atoms with E-state index in [1.165, 1.54) is 5.56 Å². The molecule has 0 saturated heterocycles. The number of halogens is 1. The van der Waals surface area contributed by atoms with Gasteiger partial charge in [0.25, 0.3) is 0 Å². The molecular formula is C11H12BrN3. The Bertz CT molecular complexity index is 459. The largest absolute Gasteiger partial charge is 0.313 e. The highest BCUT2D eigenvalue weighted by Gasteiger charge is 2.08.